The molecule has 0 bridgehead atoms. The largest absolute Gasteiger partial charge is 2.00 e. The van der Waals surface area contributed by atoms with Crippen molar-refractivity contribution in [3.63, 3.8) is 0 Å². The van der Waals surface area contributed by atoms with Gasteiger partial charge in [0, 0.05) is 78.1 Å². The van der Waals surface area contributed by atoms with E-state index < -0.39 is 0 Å². The van der Waals surface area contributed by atoms with Gasteiger partial charge in [-0.25, -0.2) is 0 Å². The van der Waals surface area contributed by atoms with Gasteiger partial charge in [-0.15, -0.1) is 0 Å². The molecule has 5 aromatic carbocycles. The van der Waals surface area contributed by atoms with Crippen LogP contribution in [0, 0.1) is 6.92 Å². The Bertz CT molecular complexity index is 3940. The van der Waals surface area contributed by atoms with E-state index in [-0.39, 0.29) is 42.7 Å². The van der Waals surface area contributed by atoms with Crippen molar-refractivity contribution in [1.82, 2.24) is 35.2 Å². The average molecular weight is 1130 g/mol. The normalized spacial score (nSPS) is 11.5. The minimum absolute atomic E-state index is 0. The van der Waals surface area contributed by atoms with Crippen LogP contribution in [0.2, 0.25) is 0 Å². The number of benzene rings is 5. The summed E-state index contributed by atoms with van der Waals surface area (Å²) in [5.74, 6) is -0.00689. The maximum atomic E-state index is 12.7. The molecule has 11 aromatic rings. The Morgan fingerprint density at radius 2 is 1.00 bits per heavy atom. The van der Waals surface area contributed by atoms with Crippen molar-refractivity contribution in [3.8, 4) is 22.5 Å². The molecule has 1 aliphatic rings. The summed E-state index contributed by atoms with van der Waals surface area (Å²) in [7, 11) is 0. The number of nitrogens with zero attached hydrogens (tertiary/aromatic N) is 8. The summed E-state index contributed by atoms with van der Waals surface area (Å²) in [6, 6.07) is 49.5. The number of hydrogen-bond acceptors (Lipinski definition) is 8. The van der Waals surface area contributed by atoms with Gasteiger partial charge in [-0.05, 0) is 144 Å². The molecule has 0 atom stereocenters. The van der Waals surface area contributed by atoms with E-state index in [2.05, 4.69) is 89.9 Å². The Morgan fingerprint density at radius 3 is 1.73 bits per heavy atom. The Kier molecular flexibility index (Phi) is 18.4. The summed E-state index contributed by atoms with van der Waals surface area (Å²) >= 11 is 0. The molecule has 2 amide bonds. The van der Waals surface area contributed by atoms with E-state index in [0.717, 1.165) is 115 Å². The van der Waals surface area contributed by atoms with Gasteiger partial charge in [0.25, 0.3) is 0 Å². The van der Waals surface area contributed by atoms with E-state index in [1.54, 1.807) is 24.8 Å². The van der Waals surface area contributed by atoms with E-state index in [0.29, 0.717) is 43.4 Å². The maximum absolute atomic E-state index is 12.7. The minimum atomic E-state index is -0.0635. The van der Waals surface area contributed by atoms with E-state index in [1.807, 2.05) is 122 Å². The Morgan fingerprint density at radius 1 is 0.443 bits per heavy atom. The van der Waals surface area contributed by atoms with E-state index in [1.165, 1.54) is 17.5 Å². The third kappa shape index (κ3) is 13.3. The fraction of sp³-hybridized carbons (Fsp3) is 0.182. The number of aromatic nitrogens is 6. The Balaban J connectivity index is 0.000000175. The first kappa shape index (κ1) is 55.0. The zero-order valence-corrected chi connectivity index (χ0v) is 45.5. The molecule has 0 saturated carbocycles. The molecular weight excluding hydrogens is 1070 g/mol. The van der Waals surface area contributed by atoms with Crippen molar-refractivity contribution in [2.24, 2.45) is 0 Å². The molecule has 0 unspecified atom stereocenters. The first-order chi connectivity index (χ1) is 38.3. The summed E-state index contributed by atoms with van der Waals surface area (Å²) in [6.45, 7) is 2.77. The van der Waals surface area contributed by atoms with Crippen LogP contribution in [0.15, 0.2) is 189 Å². The van der Waals surface area contributed by atoms with Crippen LogP contribution in [0.1, 0.15) is 80.0 Å². The first-order valence-corrected chi connectivity index (χ1v) is 26.7. The summed E-state index contributed by atoms with van der Waals surface area (Å²) in [6.07, 6.45) is 19.5. The van der Waals surface area contributed by atoms with Crippen LogP contribution in [0.25, 0.3) is 87.7 Å². The van der Waals surface area contributed by atoms with Gasteiger partial charge in [0.1, 0.15) is 0 Å². The number of aryl methyl sites for hydroxylation is 2. The van der Waals surface area contributed by atoms with Crippen LogP contribution < -0.4 is 10.6 Å². The van der Waals surface area contributed by atoms with Crippen LogP contribution in [-0.2, 0) is 35.5 Å². The molecule has 1 radical (unpaired) electrons. The zero-order valence-electron chi connectivity index (χ0n) is 43.9. The third-order valence-corrected chi connectivity index (χ3v) is 14.0. The van der Waals surface area contributed by atoms with Gasteiger partial charge in [-0.3, -0.25) is 39.5 Å². The molecule has 6 heterocycles. The first-order valence-electron chi connectivity index (χ1n) is 26.7. The van der Waals surface area contributed by atoms with Crippen LogP contribution >= 0.6 is 0 Å². The number of amides is 2. The molecule has 6 aromatic heterocycles. The molecule has 79 heavy (non-hydrogen) atoms. The second kappa shape index (κ2) is 26.5. The van der Waals surface area contributed by atoms with Gasteiger partial charge < -0.3 is 21.5 Å². The molecule has 12 rings (SSSR count). The number of nitrogens with one attached hydrogen (secondary N) is 2. The minimum Gasteiger partial charge on any atom is -0.804 e. The SMILES string of the molecule is Cc1ccnc(-c2cc(CCCCCCCNC(=O)CCCCC(=O)Nc3cc4cccnc4c4ncccc34)ccn2)c1.[N-]=C1C(=[N-])c2c(ccc3ccccc23)-c2ccccc21.[Rh+2].c1cnc2c(c1)ccc1cccnc12. The molecule has 13 heteroatoms. The van der Waals surface area contributed by atoms with Crippen molar-refractivity contribution in [2.45, 2.75) is 71.1 Å². The number of anilines is 1. The number of unbranched alkanes of at least 4 members (excludes halogenated alkanes) is 5. The van der Waals surface area contributed by atoms with Gasteiger partial charge >= 0.3 is 19.5 Å². The second-order valence-electron chi connectivity index (χ2n) is 19.5. The fourth-order valence-corrected chi connectivity index (χ4v) is 10.0. The molecular formula is C66H58N10O2Rh. The number of carbonyl (C=O) groups is 2. The van der Waals surface area contributed by atoms with Crippen LogP contribution in [0.5, 0.6) is 0 Å². The van der Waals surface area contributed by atoms with Crippen molar-refractivity contribution in [1.29, 1.82) is 0 Å². The van der Waals surface area contributed by atoms with Crippen molar-refractivity contribution < 1.29 is 29.1 Å². The molecule has 0 spiro atoms. The second-order valence-corrected chi connectivity index (χ2v) is 19.5. The van der Waals surface area contributed by atoms with Gasteiger partial charge in [-0.2, -0.15) is 11.4 Å². The van der Waals surface area contributed by atoms with Crippen molar-refractivity contribution in [3.05, 3.63) is 222 Å². The van der Waals surface area contributed by atoms with Crippen LogP contribution in [-0.4, -0.2) is 59.7 Å². The van der Waals surface area contributed by atoms with Crippen LogP contribution in [0.4, 0.5) is 5.69 Å². The summed E-state index contributed by atoms with van der Waals surface area (Å²) in [4.78, 5) is 51.5. The maximum Gasteiger partial charge on any atom is 2.00 e. The number of rotatable bonds is 15. The molecule has 0 saturated heterocycles. The molecule has 1 aliphatic carbocycles. The van der Waals surface area contributed by atoms with Crippen molar-refractivity contribution >= 4 is 83.3 Å². The number of carbonyl (C=O) groups excluding carboxylic acids is 2. The quantitative estimate of drug-likeness (QED) is 0.0578. The van der Waals surface area contributed by atoms with Crippen LogP contribution in [0.3, 0.4) is 0 Å². The van der Waals surface area contributed by atoms with Gasteiger partial charge in [0.2, 0.25) is 11.8 Å². The van der Waals surface area contributed by atoms with E-state index in [9.17, 15) is 20.4 Å². The van der Waals surface area contributed by atoms with Gasteiger partial charge in [0.05, 0.1) is 39.1 Å². The van der Waals surface area contributed by atoms with E-state index in [4.69, 9.17) is 0 Å². The standard InChI is InChI=1S/C36H40N6O2.C18H10N2.C12H8N2.Rh/c1-26-16-21-37-31(23-26)32-24-27(17-22-38-32)11-5-3-2-4-8-18-39-33(43)14-6-7-15-34(44)42-30-25-28-12-9-19-40-35(28)36-29(30)13-10-20-41-36;19-17-15-8-4-3-7-13(15)14-10-9-11-5-1-2-6-12(11)16(14)18(17)20;1-3-9-5-6-10-4-2-8-14-12(10)11(9)13-7-1;/h9-10,12-13,16-17,19-25H,2-8,11,14-15,18H2,1H3,(H,39,43)(H,42,44);1-10H;1-8H;/q;-2;;+2. The van der Waals surface area contributed by atoms with Crippen molar-refractivity contribution in [2.75, 3.05) is 11.9 Å². The third-order valence-electron chi connectivity index (χ3n) is 14.0. The topological polar surface area (TPSA) is 180 Å². The number of fused-ring (bicyclic) bond motifs is 11. The molecule has 12 nitrogen and oxygen atoms in total. The van der Waals surface area contributed by atoms with Gasteiger partial charge in [-0.1, -0.05) is 110 Å². The molecule has 2 N–H and O–H groups in total. The summed E-state index contributed by atoms with van der Waals surface area (Å²) < 4.78 is 0. The zero-order chi connectivity index (χ0) is 53.6. The fourth-order valence-electron chi connectivity index (χ4n) is 10.0. The molecule has 0 aliphatic heterocycles. The summed E-state index contributed by atoms with van der Waals surface area (Å²) in [5, 5.41) is 32.8. The number of pyridine rings is 6. The predicted molar refractivity (Wildman–Crippen MR) is 318 cm³/mol. The smallest absolute Gasteiger partial charge is 0.804 e. The summed E-state index contributed by atoms with van der Waals surface area (Å²) in [5.41, 5.74) is 11.8. The molecule has 0 fully saturated rings. The van der Waals surface area contributed by atoms with E-state index >= 15 is 0 Å². The Labute approximate surface area is 472 Å². The Hall–Kier alpha value is -8.80. The monoisotopic (exact) mass is 1130 g/mol. The van der Waals surface area contributed by atoms with Gasteiger partial charge in [0.15, 0.2) is 0 Å². The predicted octanol–water partition coefficient (Wildman–Crippen LogP) is 14.4. The average Bonchev–Trinajstić information content (AvgIpc) is 3.66. The number of hydrogen-bond donors (Lipinski definition) is 2. The molecule has 393 valence electrons.